The molecule has 0 amide bonds. The fourth-order valence-corrected chi connectivity index (χ4v) is 3.49. The minimum Gasteiger partial charge on any atom is -0.339 e. The van der Waals surface area contributed by atoms with Gasteiger partial charge in [-0.2, -0.15) is 4.98 Å². The Hall–Kier alpha value is -1.20. The zero-order valence-electron chi connectivity index (χ0n) is 12.4. The number of benzene rings is 1. The van der Waals surface area contributed by atoms with Gasteiger partial charge in [0.05, 0.1) is 0 Å². The topological polar surface area (TPSA) is 51.0 Å². The van der Waals surface area contributed by atoms with Gasteiger partial charge in [-0.05, 0) is 63.4 Å². The summed E-state index contributed by atoms with van der Waals surface area (Å²) in [4.78, 5) is 4.63. The van der Waals surface area contributed by atoms with Crippen LogP contribution in [0.5, 0.6) is 0 Å². The summed E-state index contributed by atoms with van der Waals surface area (Å²) in [5, 5.41) is 7.52. The summed E-state index contributed by atoms with van der Waals surface area (Å²) in [6, 6.07) is 6.75. The lowest BCUT2D eigenvalue weighted by Gasteiger charge is -2.25. The van der Waals surface area contributed by atoms with Gasteiger partial charge in [0.25, 0.3) is 0 Å². The Morgan fingerprint density at radius 1 is 1.24 bits per heavy atom. The molecule has 1 aliphatic carbocycles. The number of nitrogens with one attached hydrogen (secondary N) is 1. The highest BCUT2D eigenvalue weighted by Gasteiger charge is 2.26. The second-order valence-corrected chi connectivity index (χ2v) is 6.67. The van der Waals surface area contributed by atoms with Crippen molar-refractivity contribution in [1.82, 2.24) is 15.5 Å². The molecule has 0 bridgehead atoms. The van der Waals surface area contributed by atoms with Crippen LogP contribution < -0.4 is 5.32 Å². The molecule has 1 aromatic carbocycles. The zero-order chi connectivity index (χ0) is 14.8. The molecule has 1 fully saturated rings. The number of rotatable bonds is 3. The van der Waals surface area contributed by atoms with Gasteiger partial charge < -0.3 is 9.84 Å². The molecule has 1 aromatic heterocycles. The van der Waals surface area contributed by atoms with Crippen molar-refractivity contribution in [3.63, 3.8) is 0 Å². The maximum absolute atomic E-state index is 5.52. The van der Waals surface area contributed by atoms with Crippen LogP contribution in [0.2, 0.25) is 0 Å². The molecular formula is C16H20BrN3O. The lowest BCUT2D eigenvalue weighted by Crippen LogP contribution is -2.29. The first kappa shape index (κ1) is 14.7. The molecule has 2 aromatic rings. The average molecular weight is 350 g/mol. The van der Waals surface area contributed by atoms with Crippen LogP contribution in [0.15, 0.2) is 27.2 Å². The second-order valence-electron chi connectivity index (χ2n) is 5.75. The summed E-state index contributed by atoms with van der Waals surface area (Å²) in [6.07, 6.45) is 4.59. The molecule has 5 heteroatoms. The van der Waals surface area contributed by atoms with E-state index in [1.165, 1.54) is 12.8 Å². The Kier molecular flexibility index (Phi) is 4.40. The fourth-order valence-electron chi connectivity index (χ4n) is 3.02. The molecule has 1 aliphatic rings. The van der Waals surface area contributed by atoms with E-state index in [-0.39, 0.29) is 0 Å². The molecule has 0 atom stereocenters. The summed E-state index contributed by atoms with van der Waals surface area (Å²) in [6.45, 7) is 2.06. The molecule has 4 nitrogen and oxygen atoms in total. The van der Waals surface area contributed by atoms with Crippen molar-refractivity contribution in [1.29, 1.82) is 0 Å². The first-order valence-electron chi connectivity index (χ1n) is 7.44. The molecule has 1 heterocycles. The predicted octanol–water partition coefficient (Wildman–Crippen LogP) is 4.05. The molecule has 1 N–H and O–H groups in total. The highest BCUT2D eigenvalue weighted by Crippen LogP contribution is 2.33. The molecule has 112 valence electrons. The standard InChI is InChI=1S/C16H20BrN3O/c1-10-9-12(17)5-8-14(10)15-19-16(21-20-15)11-3-6-13(18-2)7-4-11/h5,8-9,11,13,18H,3-4,6-7H2,1-2H3. The largest absolute Gasteiger partial charge is 0.339 e. The van der Waals surface area contributed by atoms with E-state index in [0.717, 1.165) is 34.3 Å². The van der Waals surface area contributed by atoms with Crippen LogP contribution in [0.25, 0.3) is 11.4 Å². The second kappa shape index (κ2) is 6.28. The lowest BCUT2D eigenvalue weighted by molar-refractivity contribution is 0.289. The highest BCUT2D eigenvalue weighted by molar-refractivity contribution is 9.10. The minimum absolute atomic E-state index is 0.409. The molecule has 3 rings (SSSR count). The van der Waals surface area contributed by atoms with Crippen molar-refractivity contribution in [3.05, 3.63) is 34.1 Å². The lowest BCUT2D eigenvalue weighted by atomic mass is 9.86. The van der Waals surface area contributed by atoms with E-state index in [1.807, 2.05) is 19.2 Å². The first-order chi connectivity index (χ1) is 10.2. The first-order valence-corrected chi connectivity index (χ1v) is 8.24. The number of aromatic nitrogens is 2. The average Bonchev–Trinajstić information content (AvgIpc) is 2.97. The third-order valence-corrected chi connectivity index (χ3v) is 4.85. The molecule has 0 aliphatic heterocycles. The Balaban J connectivity index is 1.77. The fraction of sp³-hybridized carbons (Fsp3) is 0.500. The maximum Gasteiger partial charge on any atom is 0.230 e. The zero-order valence-corrected chi connectivity index (χ0v) is 14.0. The van der Waals surface area contributed by atoms with Crippen LogP contribution in [-0.4, -0.2) is 23.2 Å². The van der Waals surface area contributed by atoms with Gasteiger partial charge in [0.15, 0.2) is 0 Å². The summed E-state index contributed by atoms with van der Waals surface area (Å²) >= 11 is 3.48. The predicted molar refractivity (Wildman–Crippen MR) is 86.2 cm³/mol. The van der Waals surface area contributed by atoms with Gasteiger partial charge in [0.2, 0.25) is 11.7 Å². The van der Waals surface area contributed by atoms with Crippen LogP contribution in [0.1, 0.15) is 43.1 Å². The Morgan fingerprint density at radius 3 is 2.67 bits per heavy atom. The van der Waals surface area contributed by atoms with Gasteiger partial charge in [-0.3, -0.25) is 0 Å². The van der Waals surface area contributed by atoms with Crippen molar-refractivity contribution in [2.75, 3.05) is 7.05 Å². The summed E-state index contributed by atoms with van der Waals surface area (Å²) in [5.41, 5.74) is 2.19. The van der Waals surface area contributed by atoms with E-state index < -0.39 is 0 Å². The molecule has 21 heavy (non-hydrogen) atoms. The van der Waals surface area contributed by atoms with Crippen LogP contribution in [0.3, 0.4) is 0 Å². The minimum atomic E-state index is 0.409. The van der Waals surface area contributed by atoms with E-state index in [1.54, 1.807) is 0 Å². The van der Waals surface area contributed by atoms with Crippen LogP contribution in [0, 0.1) is 6.92 Å². The molecule has 0 radical (unpaired) electrons. The molecule has 0 unspecified atom stereocenters. The van der Waals surface area contributed by atoms with Crippen molar-refractivity contribution >= 4 is 15.9 Å². The van der Waals surface area contributed by atoms with Gasteiger partial charge >= 0.3 is 0 Å². The summed E-state index contributed by atoms with van der Waals surface area (Å²) in [7, 11) is 2.03. The molecule has 0 saturated heterocycles. The quantitative estimate of drug-likeness (QED) is 0.907. The van der Waals surface area contributed by atoms with Crippen molar-refractivity contribution < 1.29 is 4.52 Å². The third-order valence-electron chi connectivity index (χ3n) is 4.36. The Labute approximate surface area is 133 Å². The molecular weight excluding hydrogens is 330 g/mol. The van der Waals surface area contributed by atoms with Gasteiger partial charge in [0, 0.05) is 22.0 Å². The van der Waals surface area contributed by atoms with Crippen molar-refractivity contribution in [3.8, 4) is 11.4 Å². The van der Waals surface area contributed by atoms with Crippen LogP contribution >= 0.6 is 15.9 Å². The smallest absolute Gasteiger partial charge is 0.230 e. The summed E-state index contributed by atoms with van der Waals surface area (Å²) < 4.78 is 6.59. The van der Waals surface area contributed by atoms with Crippen molar-refractivity contribution in [2.45, 2.75) is 44.6 Å². The Bertz CT molecular complexity index is 618. The van der Waals surface area contributed by atoms with Crippen LogP contribution in [0.4, 0.5) is 0 Å². The van der Waals surface area contributed by atoms with Crippen LogP contribution in [-0.2, 0) is 0 Å². The van der Waals surface area contributed by atoms with Gasteiger partial charge in [-0.15, -0.1) is 0 Å². The van der Waals surface area contributed by atoms with E-state index in [4.69, 9.17) is 4.52 Å². The van der Waals surface area contributed by atoms with Gasteiger partial charge in [0.1, 0.15) is 0 Å². The van der Waals surface area contributed by atoms with E-state index in [2.05, 4.69) is 44.4 Å². The maximum atomic E-state index is 5.52. The number of halogens is 1. The number of aryl methyl sites for hydroxylation is 1. The molecule has 0 spiro atoms. The third kappa shape index (κ3) is 3.19. The normalized spacial score (nSPS) is 22.4. The number of hydrogen-bond acceptors (Lipinski definition) is 4. The van der Waals surface area contributed by atoms with Gasteiger partial charge in [-0.1, -0.05) is 21.1 Å². The van der Waals surface area contributed by atoms with E-state index in [0.29, 0.717) is 17.8 Å². The van der Waals surface area contributed by atoms with Gasteiger partial charge in [-0.25, -0.2) is 0 Å². The van der Waals surface area contributed by atoms with E-state index in [9.17, 15) is 0 Å². The Morgan fingerprint density at radius 2 is 2.00 bits per heavy atom. The summed E-state index contributed by atoms with van der Waals surface area (Å²) in [5.74, 6) is 1.90. The van der Waals surface area contributed by atoms with E-state index >= 15 is 0 Å². The highest BCUT2D eigenvalue weighted by atomic mass is 79.9. The monoisotopic (exact) mass is 349 g/mol. The number of nitrogens with zero attached hydrogens (tertiary/aromatic N) is 2. The SMILES string of the molecule is CNC1CCC(c2nc(-c3ccc(Br)cc3C)no2)CC1. The number of hydrogen-bond donors (Lipinski definition) is 1. The molecule has 1 saturated carbocycles. The van der Waals surface area contributed by atoms with Crippen molar-refractivity contribution in [2.24, 2.45) is 0 Å².